The van der Waals surface area contributed by atoms with E-state index in [1.807, 2.05) is 12.1 Å². The van der Waals surface area contributed by atoms with E-state index in [9.17, 15) is 4.39 Å². The number of benzene rings is 1. The first kappa shape index (κ1) is 16.5. The molecule has 1 aliphatic heterocycles. The number of hydrogen-bond donors (Lipinski definition) is 0. The second-order valence-corrected chi connectivity index (χ2v) is 7.10. The Labute approximate surface area is 140 Å². The third-order valence-electron chi connectivity index (χ3n) is 3.95. The number of thioether (sulfide) groups is 1. The van der Waals surface area contributed by atoms with Gasteiger partial charge in [-0.15, -0.1) is 10.2 Å². The van der Waals surface area contributed by atoms with E-state index in [1.165, 1.54) is 12.1 Å². The first-order valence-electron chi connectivity index (χ1n) is 8.05. The standard InChI is InChI=1S/C17H22FN3OS/c1-12(2)16-19-20-17(21(16)10-15-4-3-9-22-15)23-11-13-5-7-14(18)8-6-13/h5-8,12,15H,3-4,9-11H2,1-2H3. The van der Waals surface area contributed by atoms with E-state index in [0.717, 1.165) is 48.3 Å². The number of nitrogens with zero attached hydrogens (tertiary/aromatic N) is 3. The van der Waals surface area contributed by atoms with Gasteiger partial charge in [-0.1, -0.05) is 37.7 Å². The average Bonchev–Trinajstić information content (AvgIpc) is 3.17. The van der Waals surface area contributed by atoms with Crippen molar-refractivity contribution in [3.8, 4) is 0 Å². The van der Waals surface area contributed by atoms with Crippen molar-refractivity contribution < 1.29 is 9.13 Å². The minimum absolute atomic E-state index is 0.206. The van der Waals surface area contributed by atoms with Crippen molar-refractivity contribution in [2.24, 2.45) is 0 Å². The maximum absolute atomic E-state index is 13.0. The van der Waals surface area contributed by atoms with E-state index in [2.05, 4.69) is 28.6 Å². The Morgan fingerprint density at radius 2 is 2.09 bits per heavy atom. The van der Waals surface area contributed by atoms with Crippen molar-refractivity contribution >= 4 is 11.8 Å². The number of halogens is 1. The third kappa shape index (κ3) is 4.12. The van der Waals surface area contributed by atoms with Crippen LogP contribution in [0.2, 0.25) is 0 Å². The first-order valence-corrected chi connectivity index (χ1v) is 9.04. The first-order chi connectivity index (χ1) is 11.1. The second-order valence-electron chi connectivity index (χ2n) is 6.16. The van der Waals surface area contributed by atoms with Gasteiger partial charge in [-0.2, -0.15) is 0 Å². The zero-order valence-electron chi connectivity index (χ0n) is 13.5. The molecule has 3 rings (SSSR count). The van der Waals surface area contributed by atoms with E-state index in [-0.39, 0.29) is 11.9 Å². The van der Waals surface area contributed by atoms with Crippen molar-refractivity contribution in [2.45, 2.75) is 56.2 Å². The molecule has 23 heavy (non-hydrogen) atoms. The average molecular weight is 335 g/mol. The largest absolute Gasteiger partial charge is 0.376 e. The fraction of sp³-hybridized carbons (Fsp3) is 0.529. The summed E-state index contributed by atoms with van der Waals surface area (Å²) in [4.78, 5) is 0. The zero-order valence-corrected chi connectivity index (χ0v) is 14.4. The van der Waals surface area contributed by atoms with Gasteiger partial charge in [0.1, 0.15) is 11.6 Å². The molecule has 1 unspecified atom stereocenters. The van der Waals surface area contributed by atoms with Crippen molar-refractivity contribution in [1.82, 2.24) is 14.8 Å². The molecule has 0 N–H and O–H groups in total. The molecule has 0 spiro atoms. The van der Waals surface area contributed by atoms with Gasteiger partial charge in [0, 0.05) is 18.3 Å². The molecule has 1 atom stereocenters. The predicted molar refractivity (Wildman–Crippen MR) is 89.0 cm³/mol. The lowest BCUT2D eigenvalue weighted by Gasteiger charge is -2.16. The smallest absolute Gasteiger partial charge is 0.191 e. The highest BCUT2D eigenvalue weighted by Gasteiger charge is 2.22. The van der Waals surface area contributed by atoms with E-state index in [4.69, 9.17) is 4.74 Å². The Kier molecular flexibility index (Phi) is 5.33. The molecule has 1 aromatic carbocycles. The maximum atomic E-state index is 13.0. The van der Waals surface area contributed by atoms with Gasteiger partial charge in [0.05, 0.1) is 12.6 Å². The SMILES string of the molecule is CC(C)c1nnc(SCc2ccc(F)cc2)n1CC1CCCO1. The van der Waals surface area contributed by atoms with Crippen LogP contribution in [0.4, 0.5) is 4.39 Å². The minimum atomic E-state index is -0.206. The number of rotatable bonds is 6. The van der Waals surface area contributed by atoms with E-state index < -0.39 is 0 Å². The number of hydrogen-bond acceptors (Lipinski definition) is 4. The summed E-state index contributed by atoms with van der Waals surface area (Å²) in [5.41, 5.74) is 1.08. The summed E-state index contributed by atoms with van der Waals surface area (Å²) in [6.45, 7) is 5.92. The molecule has 0 saturated carbocycles. The van der Waals surface area contributed by atoms with Crippen molar-refractivity contribution in [3.05, 3.63) is 41.5 Å². The van der Waals surface area contributed by atoms with Gasteiger partial charge in [0.25, 0.3) is 0 Å². The highest BCUT2D eigenvalue weighted by Crippen LogP contribution is 2.26. The van der Waals surface area contributed by atoms with Gasteiger partial charge >= 0.3 is 0 Å². The minimum Gasteiger partial charge on any atom is -0.376 e. The zero-order chi connectivity index (χ0) is 16.2. The van der Waals surface area contributed by atoms with E-state index >= 15 is 0 Å². The molecule has 0 bridgehead atoms. The number of aromatic nitrogens is 3. The molecular formula is C17H22FN3OS. The van der Waals surface area contributed by atoms with E-state index in [1.54, 1.807) is 11.8 Å². The fourth-order valence-electron chi connectivity index (χ4n) is 2.73. The van der Waals surface area contributed by atoms with Crippen LogP contribution in [0.1, 0.15) is 44.0 Å². The van der Waals surface area contributed by atoms with Crippen LogP contribution in [0.15, 0.2) is 29.4 Å². The molecule has 1 fully saturated rings. The quantitative estimate of drug-likeness (QED) is 0.748. The topological polar surface area (TPSA) is 39.9 Å². The third-order valence-corrected chi connectivity index (χ3v) is 4.99. The second kappa shape index (κ2) is 7.45. The van der Waals surface area contributed by atoms with Crippen LogP contribution in [-0.4, -0.2) is 27.5 Å². The Morgan fingerprint density at radius 3 is 2.74 bits per heavy atom. The van der Waals surface area contributed by atoms with Crippen LogP contribution >= 0.6 is 11.8 Å². The van der Waals surface area contributed by atoms with Crippen molar-refractivity contribution in [2.75, 3.05) is 6.61 Å². The summed E-state index contributed by atoms with van der Waals surface area (Å²) in [7, 11) is 0. The van der Waals surface area contributed by atoms with Crippen LogP contribution in [0.5, 0.6) is 0 Å². The van der Waals surface area contributed by atoms with Gasteiger partial charge in [-0.25, -0.2) is 4.39 Å². The monoisotopic (exact) mass is 335 g/mol. The molecular weight excluding hydrogens is 313 g/mol. The van der Waals surface area contributed by atoms with Crippen LogP contribution in [0, 0.1) is 5.82 Å². The Morgan fingerprint density at radius 1 is 1.30 bits per heavy atom. The summed E-state index contributed by atoms with van der Waals surface area (Å²) in [5.74, 6) is 1.87. The molecule has 0 radical (unpaired) electrons. The van der Waals surface area contributed by atoms with Crippen LogP contribution in [0.3, 0.4) is 0 Å². The molecule has 0 aliphatic carbocycles. The summed E-state index contributed by atoms with van der Waals surface area (Å²) in [5, 5.41) is 9.63. The van der Waals surface area contributed by atoms with Crippen LogP contribution < -0.4 is 0 Å². The van der Waals surface area contributed by atoms with Crippen LogP contribution in [0.25, 0.3) is 0 Å². The molecule has 0 amide bonds. The Bertz CT molecular complexity index is 636. The summed E-state index contributed by atoms with van der Waals surface area (Å²) < 4.78 is 20.9. The lowest BCUT2D eigenvalue weighted by atomic mass is 10.2. The van der Waals surface area contributed by atoms with Gasteiger partial charge in [-0.05, 0) is 30.5 Å². The van der Waals surface area contributed by atoms with Crippen molar-refractivity contribution in [3.63, 3.8) is 0 Å². The van der Waals surface area contributed by atoms with Crippen LogP contribution in [-0.2, 0) is 17.0 Å². The highest BCUT2D eigenvalue weighted by molar-refractivity contribution is 7.98. The molecule has 2 aromatic rings. The molecule has 1 saturated heterocycles. The van der Waals surface area contributed by atoms with E-state index in [0.29, 0.717) is 5.92 Å². The summed E-state index contributed by atoms with van der Waals surface area (Å²) in [6.07, 6.45) is 2.48. The molecule has 1 aliphatic rings. The molecule has 2 heterocycles. The predicted octanol–water partition coefficient (Wildman–Crippen LogP) is 4.01. The van der Waals surface area contributed by atoms with Gasteiger partial charge in [-0.3, -0.25) is 0 Å². The van der Waals surface area contributed by atoms with Crippen molar-refractivity contribution in [1.29, 1.82) is 0 Å². The van der Waals surface area contributed by atoms with Gasteiger partial charge < -0.3 is 9.30 Å². The maximum Gasteiger partial charge on any atom is 0.191 e. The lowest BCUT2D eigenvalue weighted by molar-refractivity contribution is 0.0940. The molecule has 4 nitrogen and oxygen atoms in total. The Balaban J connectivity index is 1.73. The van der Waals surface area contributed by atoms with Gasteiger partial charge in [0.15, 0.2) is 5.16 Å². The summed E-state index contributed by atoms with van der Waals surface area (Å²) >= 11 is 1.64. The summed E-state index contributed by atoms with van der Waals surface area (Å²) in [6, 6.07) is 6.61. The molecule has 1 aromatic heterocycles. The Hall–Kier alpha value is -1.40. The normalized spacial score (nSPS) is 18.0. The fourth-order valence-corrected chi connectivity index (χ4v) is 3.64. The molecule has 6 heteroatoms. The van der Waals surface area contributed by atoms with Gasteiger partial charge in [0.2, 0.25) is 0 Å². The highest BCUT2D eigenvalue weighted by atomic mass is 32.2. The lowest BCUT2D eigenvalue weighted by Crippen LogP contribution is -2.18. The molecule has 124 valence electrons. The number of ether oxygens (including phenoxy) is 1.